The van der Waals surface area contributed by atoms with E-state index in [0.29, 0.717) is 16.1 Å². The SMILES string of the molecule is CS(=O)(=O)NC(=O)c1cc(C2CC2)c(OCC2(F)CCN([C@@H](F)c3cccc(Cl)c3)CC2)cc1F. The van der Waals surface area contributed by atoms with Crippen LogP contribution in [0, 0.1) is 5.82 Å². The van der Waals surface area contributed by atoms with Crippen molar-refractivity contribution < 1.29 is 31.1 Å². The summed E-state index contributed by atoms with van der Waals surface area (Å²) in [6, 6.07) is 8.76. The number of amides is 1. The Bertz CT molecular complexity index is 1220. The highest BCUT2D eigenvalue weighted by molar-refractivity contribution is 7.89. The van der Waals surface area contributed by atoms with Gasteiger partial charge in [-0.3, -0.25) is 9.69 Å². The molecule has 190 valence electrons. The van der Waals surface area contributed by atoms with E-state index in [9.17, 15) is 22.0 Å². The van der Waals surface area contributed by atoms with Gasteiger partial charge in [0.25, 0.3) is 5.91 Å². The second-order valence-electron chi connectivity index (χ2n) is 9.21. The van der Waals surface area contributed by atoms with E-state index in [1.807, 2.05) is 0 Å². The quantitative estimate of drug-likeness (QED) is 0.491. The van der Waals surface area contributed by atoms with Crippen molar-refractivity contribution in [2.75, 3.05) is 26.0 Å². The molecule has 1 amide bonds. The molecule has 1 saturated heterocycles. The summed E-state index contributed by atoms with van der Waals surface area (Å²) in [6.45, 7) is -0.00698. The fraction of sp³-hybridized carbons (Fsp3) is 0.458. The number of benzene rings is 2. The number of ether oxygens (including phenoxy) is 1. The van der Waals surface area contributed by atoms with Crippen molar-refractivity contribution in [2.45, 2.75) is 43.6 Å². The average Bonchev–Trinajstić information content (AvgIpc) is 3.62. The molecule has 0 radical (unpaired) electrons. The second-order valence-corrected chi connectivity index (χ2v) is 11.4. The molecule has 6 nitrogen and oxygen atoms in total. The number of sulfonamides is 1. The van der Waals surface area contributed by atoms with Crippen LogP contribution in [0.5, 0.6) is 5.75 Å². The Balaban J connectivity index is 1.42. The van der Waals surface area contributed by atoms with Gasteiger partial charge in [0.1, 0.15) is 23.8 Å². The number of carbonyl (C=O) groups is 1. The van der Waals surface area contributed by atoms with Crippen molar-refractivity contribution in [3.05, 3.63) is 63.9 Å². The fourth-order valence-corrected chi connectivity index (χ4v) is 4.82. The summed E-state index contributed by atoms with van der Waals surface area (Å²) in [5.41, 5.74) is -1.20. The lowest BCUT2D eigenvalue weighted by Crippen LogP contribution is -2.45. The molecule has 1 aliphatic heterocycles. The third kappa shape index (κ3) is 6.48. The molecule has 1 atom stereocenters. The lowest BCUT2D eigenvalue weighted by atomic mass is 9.93. The van der Waals surface area contributed by atoms with Crippen molar-refractivity contribution in [3.8, 4) is 5.75 Å². The molecule has 11 heteroatoms. The number of halogens is 4. The zero-order valence-corrected chi connectivity index (χ0v) is 20.6. The molecule has 0 unspecified atom stereocenters. The molecule has 2 aromatic carbocycles. The molecule has 1 N–H and O–H groups in total. The third-order valence-electron chi connectivity index (χ3n) is 6.26. The van der Waals surface area contributed by atoms with Gasteiger partial charge in [-0.05, 0) is 55.4 Å². The van der Waals surface area contributed by atoms with Crippen molar-refractivity contribution in [2.24, 2.45) is 0 Å². The summed E-state index contributed by atoms with van der Waals surface area (Å²) in [4.78, 5) is 13.7. The van der Waals surface area contributed by atoms with Gasteiger partial charge in [-0.15, -0.1) is 0 Å². The molecule has 2 aromatic rings. The number of rotatable bonds is 8. The van der Waals surface area contributed by atoms with Crippen LogP contribution >= 0.6 is 11.6 Å². The normalized spacial score (nSPS) is 19.2. The lowest BCUT2D eigenvalue weighted by molar-refractivity contribution is -0.0231. The van der Waals surface area contributed by atoms with Gasteiger partial charge in [-0.25, -0.2) is 26.3 Å². The van der Waals surface area contributed by atoms with E-state index in [-0.39, 0.29) is 44.2 Å². The Morgan fingerprint density at radius 2 is 1.94 bits per heavy atom. The molecule has 1 heterocycles. The van der Waals surface area contributed by atoms with Gasteiger partial charge in [0, 0.05) is 29.7 Å². The largest absolute Gasteiger partial charge is 0.490 e. The Labute approximate surface area is 207 Å². The van der Waals surface area contributed by atoms with Gasteiger partial charge in [-0.2, -0.15) is 0 Å². The summed E-state index contributed by atoms with van der Waals surface area (Å²) in [5.74, 6) is -1.89. The number of carbonyl (C=O) groups excluding carboxylic acids is 1. The van der Waals surface area contributed by atoms with Crippen molar-refractivity contribution in [1.82, 2.24) is 9.62 Å². The van der Waals surface area contributed by atoms with Crippen molar-refractivity contribution in [1.29, 1.82) is 0 Å². The number of hydrogen-bond donors (Lipinski definition) is 1. The highest BCUT2D eigenvalue weighted by atomic mass is 35.5. The summed E-state index contributed by atoms with van der Waals surface area (Å²) in [5, 5.41) is 0.425. The summed E-state index contributed by atoms with van der Waals surface area (Å²) >= 11 is 5.94. The molecule has 0 aromatic heterocycles. The molecule has 1 aliphatic carbocycles. The smallest absolute Gasteiger partial charge is 0.267 e. The maximum absolute atomic E-state index is 15.5. The third-order valence-corrected chi connectivity index (χ3v) is 7.06. The van der Waals surface area contributed by atoms with E-state index in [1.165, 1.54) is 11.0 Å². The Hall–Kier alpha value is -2.30. The molecular formula is C24H26ClF3N2O4S. The monoisotopic (exact) mass is 530 g/mol. The highest BCUT2D eigenvalue weighted by Crippen LogP contribution is 2.45. The Kier molecular flexibility index (Phi) is 7.36. The van der Waals surface area contributed by atoms with Gasteiger partial charge < -0.3 is 4.74 Å². The van der Waals surface area contributed by atoms with Crippen LogP contribution in [0.15, 0.2) is 36.4 Å². The molecule has 1 saturated carbocycles. The number of alkyl halides is 2. The van der Waals surface area contributed by atoms with E-state index in [4.69, 9.17) is 16.3 Å². The van der Waals surface area contributed by atoms with Gasteiger partial charge in [0.05, 0.1) is 11.8 Å². The maximum Gasteiger partial charge on any atom is 0.267 e. The van der Waals surface area contributed by atoms with Crippen LogP contribution in [0.1, 0.15) is 59.4 Å². The first-order chi connectivity index (χ1) is 16.4. The van der Waals surface area contributed by atoms with Crippen LogP contribution in [0.4, 0.5) is 13.2 Å². The predicted octanol–water partition coefficient (Wildman–Crippen LogP) is 4.90. The van der Waals surface area contributed by atoms with E-state index < -0.39 is 39.3 Å². The van der Waals surface area contributed by atoms with Crippen molar-refractivity contribution in [3.63, 3.8) is 0 Å². The predicted molar refractivity (Wildman–Crippen MR) is 126 cm³/mol. The van der Waals surface area contributed by atoms with Gasteiger partial charge >= 0.3 is 0 Å². The average molecular weight is 531 g/mol. The fourth-order valence-electron chi connectivity index (χ4n) is 4.18. The highest BCUT2D eigenvalue weighted by Gasteiger charge is 2.39. The molecule has 4 rings (SSSR count). The van der Waals surface area contributed by atoms with Crippen LogP contribution in [-0.2, 0) is 10.0 Å². The Morgan fingerprint density at radius 3 is 2.54 bits per heavy atom. The standard InChI is InChI=1S/C24H26ClF3N2O4S/c1-35(32,33)29-23(31)19-12-18(15-5-6-15)21(13-20(19)26)34-14-24(28)7-9-30(10-8-24)22(27)16-3-2-4-17(25)11-16/h2-4,11-13,15,22H,5-10,14H2,1H3,(H,29,31)/t22-/m1/s1. The van der Waals surface area contributed by atoms with Crippen LogP contribution < -0.4 is 9.46 Å². The first-order valence-corrected chi connectivity index (χ1v) is 13.5. The minimum absolute atomic E-state index is 0.0257. The van der Waals surface area contributed by atoms with E-state index in [1.54, 1.807) is 29.0 Å². The number of piperidine rings is 1. The molecule has 2 fully saturated rings. The molecule has 2 aliphatic rings. The zero-order chi connectivity index (χ0) is 25.4. The molecular weight excluding hydrogens is 505 g/mol. The molecule has 0 bridgehead atoms. The minimum atomic E-state index is -3.86. The van der Waals surface area contributed by atoms with Gasteiger partial charge in [0.15, 0.2) is 6.30 Å². The van der Waals surface area contributed by atoms with Crippen LogP contribution in [0.25, 0.3) is 0 Å². The van der Waals surface area contributed by atoms with E-state index in [0.717, 1.165) is 25.2 Å². The Morgan fingerprint density at radius 1 is 1.26 bits per heavy atom. The maximum atomic E-state index is 15.5. The van der Waals surface area contributed by atoms with Crippen LogP contribution in [-0.4, -0.2) is 50.8 Å². The zero-order valence-electron chi connectivity index (χ0n) is 19.1. The second kappa shape index (κ2) is 9.99. The first kappa shape index (κ1) is 25.8. The number of likely N-dealkylation sites (tertiary alicyclic amines) is 1. The van der Waals surface area contributed by atoms with Crippen LogP contribution in [0.2, 0.25) is 5.02 Å². The van der Waals surface area contributed by atoms with Crippen LogP contribution in [0.3, 0.4) is 0 Å². The van der Waals surface area contributed by atoms with Gasteiger partial charge in [-0.1, -0.05) is 23.7 Å². The van der Waals surface area contributed by atoms with Gasteiger partial charge in [0.2, 0.25) is 10.0 Å². The van der Waals surface area contributed by atoms with E-state index >= 15 is 4.39 Å². The molecule has 0 spiro atoms. The lowest BCUT2D eigenvalue weighted by Gasteiger charge is -2.37. The topological polar surface area (TPSA) is 75.7 Å². The summed E-state index contributed by atoms with van der Waals surface area (Å²) < 4.78 is 75.2. The minimum Gasteiger partial charge on any atom is -0.490 e. The van der Waals surface area contributed by atoms with Crippen molar-refractivity contribution >= 4 is 27.5 Å². The van der Waals surface area contributed by atoms with E-state index in [2.05, 4.69) is 0 Å². The molecule has 35 heavy (non-hydrogen) atoms. The summed E-state index contributed by atoms with van der Waals surface area (Å²) in [6.07, 6.45) is 1.06. The first-order valence-electron chi connectivity index (χ1n) is 11.2. The number of nitrogens with one attached hydrogen (secondary N) is 1. The summed E-state index contributed by atoms with van der Waals surface area (Å²) in [7, 11) is -3.86. The number of hydrogen-bond acceptors (Lipinski definition) is 5. The number of nitrogens with zero attached hydrogens (tertiary/aromatic N) is 1.